The zero-order valence-electron chi connectivity index (χ0n) is 12.0. The minimum atomic E-state index is -1.35. The van der Waals surface area contributed by atoms with Crippen LogP contribution in [0.1, 0.15) is 10.5 Å². The molecule has 116 valence electrons. The van der Waals surface area contributed by atoms with Crippen molar-refractivity contribution in [3.05, 3.63) is 63.4 Å². The minimum Gasteiger partial charge on any atom is -0.476 e. The molecule has 0 aliphatic heterocycles. The number of halogens is 1. The van der Waals surface area contributed by atoms with Crippen molar-refractivity contribution in [1.29, 1.82) is 0 Å². The van der Waals surface area contributed by atoms with Crippen molar-refractivity contribution < 1.29 is 9.90 Å². The van der Waals surface area contributed by atoms with E-state index in [1.807, 2.05) is 12.3 Å². The highest BCUT2D eigenvalue weighted by Crippen LogP contribution is 2.25. The number of aromatic nitrogens is 2. The van der Waals surface area contributed by atoms with Gasteiger partial charge in [-0.25, -0.2) is 9.48 Å². The Morgan fingerprint density at radius 1 is 1.22 bits per heavy atom. The Kier molecular flexibility index (Phi) is 4.11. The van der Waals surface area contributed by atoms with Crippen molar-refractivity contribution in [3.8, 4) is 5.69 Å². The summed E-state index contributed by atoms with van der Waals surface area (Å²) in [6, 6.07) is 12.1. The van der Waals surface area contributed by atoms with Crippen LogP contribution in [0.15, 0.2) is 52.2 Å². The lowest BCUT2D eigenvalue weighted by Crippen LogP contribution is -2.22. The van der Waals surface area contributed by atoms with Crippen LogP contribution in [0, 0.1) is 0 Å². The summed E-state index contributed by atoms with van der Waals surface area (Å²) in [5, 5.41) is 14.2. The molecule has 3 rings (SSSR count). The van der Waals surface area contributed by atoms with Crippen molar-refractivity contribution in [2.75, 3.05) is 6.26 Å². The molecule has 0 atom stereocenters. The number of carbonyl (C=O) groups is 1. The van der Waals surface area contributed by atoms with Crippen LogP contribution in [-0.2, 0) is 0 Å². The largest absolute Gasteiger partial charge is 0.476 e. The Labute approximate surface area is 140 Å². The van der Waals surface area contributed by atoms with Gasteiger partial charge < -0.3 is 5.11 Å². The molecule has 23 heavy (non-hydrogen) atoms. The number of hydrogen-bond acceptors (Lipinski definition) is 4. The van der Waals surface area contributed by atoms with Crippen molar-refractivity contribution in [1.82, 2.24) is 9.78 Å². The molecule has 5 nitrogen and oxygen atoms in total. The molecule has 0 spiro atoms. The fourth-order valence-corrected chi connectivity index (χ4v) is 3.07. The molecule has 0 amide bonds. The number of carboxylic acid groups (broad SMARTS) is 1. The SMILES string of the molecule is CSc1cccc2c1c(=O)c(C(=O)O)nn2-c1ccc(Cl)cc1. The van der Waals surface area contributed by atoms with Crippen LogP contribution in [0.3, 0.4) is 0 Å². The van der Waals surface area contributed by atoms with Crippen molar-refractivity contribution in [2.24, 2.45) is 0 Å². The maximum Gasteiger partial charge on any atom is 0.360 e. The van der Waals surface area contributed by atoms with Gasteiger partial charge in [0.05, 0.1) is 16.6 Å². The third-order valence-electron chi connectivity index (χ3n) is 3.37. The van der Waals surface area contributed by atoms with E-state index in [-0.39, 0.29) is 0 Å². The van der Waals surface area contributed by atoms with Crippen molar-refractivity contribution in [2.45, 2.75) is 4.90 Å². The van der Waals surface area contributed by atoms with Crippen LogP contribution >= 0.6 is 23.4 Å². The molecule has 3 aromatic rings. The highest BCUT2D eigenvalue weighted by atomic mass is 35.5. The summed E-state index contributed by atoms with van der Waals surface area (Å²) in [5.74, 6) is -1.35. The smallest absolute Gasteiger partial charge is 0.360 e. The molecule has 0 aliphatic rings. The number of benzene rings is 2. The van der Waals surface area contributed by atoms with Crippen LogP contribution in [0.5, 0.6) is 0 Å². The lowest BCUT2D eigenvalue weighted by atomic mass is 10.2. The Balaban J connectivity index is 2.46. The second-order valence-corrected chi connectivity index (χ2v) is 6.01. The number of aromatic carboxylic acids is 1. The van der Waals surface area contributed by atoms with Gasteiger partial charge in [0, 0.05) is 9.92 Å². The van der Waals surface area contributed by atoms with Gasteiger partial charge in [-0.05, 0) is 42.7 Å². The lowest BCUT2D eigenvalue weighted by molar-refractivity contribution is 0.0687. The molecular formula is C16H11ClN2O3S. The summed E-state index contributed by atoms with van der Waals surface area (Å²) < 4.78 is 1.45. The second kappa shape index (κ2) is 6.06. The van der Waals surface area contributed by atoms with Gasteiger partial charge in [-0.2, -0.15) is 5.10 Å². The third-order valence-corrected chi connectivity index (χ3v) is 4.40. The van der Waals surface area contributed by atoms with Crippen molar-refractivity contribution >= 4 is 40.2 Å². The Bertz CT molecular complexity index is 967. The van der Waals surface area contributed by atoms with E-state index in [2.05, 4.69) is 5.10 Å². The average Bonchev–Trinajstić information content (AvgIpc) is 2.55. The molecule has 7 heteroatoms. The zero-order valence-corrected chi connectivity index (χ0v) is 13.6. The molecular weight excluding hydrogens is 336 g/mol. The van der Waals surface area contributed by atoms with E-state index in [9.17, 15) is 14.7 Å². The molecule has 1 aromatic heterocycles. The summed E-state index contributed by atoms with van der Waals surface area (Å²) >= 11 is 7.28. The first kappa shape index (κ1) is 15.6. The molecule has 0 bridgehead atoms. The van der Waals surface area contributed by atoms with Gasteiger partial charge in [0.1, 0.15) is 0 Å². The maximum absolute atomic E-state index is 12.5. The lowest BCUT2D eigenvalue weighted by Gasteiger charge is -2.12. The first-order valence-electron chi connectivity index (χ1n) is 6.62. The zero-order chi connectivity index (χ0) is 16.6. The van der Waals surface area contributed by atoms with Crippen LogP contribution in [0.2, 0.25) is 5.02 Å². The third kappa shape index (κ3) is 2.71. The molecule has 1 heterocycles. The normalized spacial score (nSPS) is 10.9. The summed E-state index contributed by atoms with van der Waals surface area (Å²) in [6.07, 6.45) is 1.84. The predicted molar refractivity (Wildman–Crippen MR) is 91.1 cm³/mol. The van der Waals surface area contributed by atoms with E-state index >= 15 is 0 Å². The maximum atomic E-state index is 12.5. The van der Waals surface area contributed by atoms with Gasteiger partial charge in [-0.1, -0.05) is 17.7 Å². The molecule has 0 unspecified atom stereocenters. The number of carboxylic acids is 1. The first-order chi connectivity index (χ1) is 11.0. The van der Waals surface area contributed by atoms with Crippen LogP contribution in [-0.4, -0.2) is 27.1 Å². The molecule has 0 saturated heterocycles. The number of rotatable bonds is 3. The van der Waals surface area contributed by atoms with Crippen molar-refractivity contribution in [3.63, 3.8) is 0 Å². The first-order valence-corrected chi connectivity index (χ1v) is 8.22. The quantitative estimate of drug-likeness (QED) is 0.735. The summed E-state index contributed by atoms with van der Waals surface area (Å²) in [7, 11) is 0. The number of fused-ring (bicyclic) bond motifs is 1. The Morgan fingerprint density at radius 3 is 2.52 bits per heavy atom. The Morgan fingerprint density at radius 2 is 1.91 bits per heavy atom. The van der Waals surface area contributed by atoms with Gasteiger partial charge >= 0.3 is 5.97 Å². The highest BCUT2D eigenvalue weighted by molar-refractivity contribution is 7.98. The Hall–Kier alpha value is -2.31. The number of nitrogens with zero attached hydrogens (tertiary/aromatic N) is 2. The van der Waals surface area contributed by atoms with Gasteiger partial charge in [0.25, 0.3) is 0 Å². The van der Waals surface area contributed by atoms with E-state index in [4.69, 9.17) is 11.6 Å². The topological polar surface area (TPSA) is 72.2 Å². The second-order valence-electron chi connectivity index (χ2n) is 4.73. The van der Waals surface area contributed by atoms with E-state index in [1.54, 1.807) is 36.4 Å². The monoisotopic (exact) mass is 346 g/mol. The molecule has 0 aliphatic carbocycles. The fourth-order valence-electron chi connectivity index (χ4n) is 2.33. The van der Waals surface area contributed by atoms with Gasteiger partial charge in [-0.3, -0.25) is 4.79 Å². The van der Waals surface area contributed by atoms with Gasteiger partial charge in [0.2, 0.25) is 11.1 Å². The fraction of sp³-hybridized carbons (Fsp3) is 0.0625. The van der Waals surface area contributed by atoms with E-state index in [1.165, 1.54) is 16.4 Å². The van der Waals surface area contributed by atoms with Crippen LogP contribution in [0.25, 0.3) is 16.6 Å². The van der Waals surface area contributed by atoms with Gasteiger partial charge in [0.15, 0.2) is 0 Å². The van der Waals surface area contributed by atoms with E-state index < -0.39 is 17.1 Å². The average molecular weight is 347 g/mol. The molecule has 2 aromatic carbocycles. The summed E-state index contributed by atoms with van der Waals surface area (Å²) in [6.45, 7) is 0. The highest BCUT2D eigenvalue weighted by Gasteiger charge is 2.19. The summed E-state index contributed by atoms with van der Waals surface area (Å²) in [5.41, 5.74) is 0.0888. The van der Waals surface area contributed by atoms with Crippen LogP contribution in [0.4, 0.5) is 0 Å². The molecule has 1 N–H and O–H groups in total. The number of hydrogen-bond donors (Lipinski definition) is 1. The molecule has 0 fully saturated rings. The summed E-state index contributed by atoms with van der Waals surface area (Å²) in [4.78, 5) is 24.6. The predicted octanol–water partition coefficient (Wildman–Crippen LogP) is 3.46. The molecule has 0 radical (unpaired) electrons. The minimum absolute atomic E-state index is 0.349. The number of thioether (sulfide) groups is 1. The van der Waals surface area contributed by atoms with Crippen LogP contribution < -0.4 is 5.43 Å². The van der Waals surface area contributed by atoms with Gasteiger partial charge in [-0.15, -0.1) is 11.8 Å². The van der Waals surface area contributed by atoms with E-state index in [0.717, 1.165) is 0 Å². The standard InChI is InChI=1S/C16H11ClN2O3S/c1-23-12-4-2-3-11-13(12)15(20)14(16(21)22)18-19(11)10-7-5-9(17)6-8-10/h2-8H,1H3,(H,21,22). The molecule has 0 saturated carbocycles. The van der Waals surface area contributed by atoms with E-state index in [0.29, 0.717) is 26.5 Å².